The van der Waals surface area contributed by atoms with Gasteiger partial charge in [0, 0.05) is 11.3 Å². The van der Waals surface area contributed by atoms with Gasteiger partial charge in [-0.25, -0.2) is 5.43 Å². The van der Waals surface area contributed by atoms with Gasteiger partial charge in [0.2, 0.25) is 0 Å². The highest BCUT2D eigenvalue weighted by Crippen LogP contribution is 2.22. The number of anilines is 1. The molecular formula is C20H19N3O2. The highest BCUT2D eigenvalue weighted by molar-refractivity contribution is 6.03. The van der Waals surface area contributed by atoms with E-state index in [1.807, 2.05) is 43.3 Å². The first kappa shape index (κ1) is 16.5. The second-order valence-electron chi connectivity index (χ2n) is 5.69. The standard InChI is InChI=1S/C20H19N3O2/c1-13(22-23-20(24)14-5-8-18(21)9-6-14)15-3-4-17-12-19(25-2)10-7-16(17)11-15/h3-12H,21H2,1-2H3,(H,23,24)/b22-13-. The number of carbonyl (C=O) groups is 1. The third-order valence-corrected chi connectivity index (χ3v) is 3.96. The second-order valence-corrected chi connectivity index (χ2v) is 5.69. The number of nitrogens with one attached hydrogen (secondary N) is 1. The van der Waals surface area contributed by atoms with Crippen LogP contribution in [0.25, 0.3) is 10.8 Å². The number of hydrogen-bond donors (Lipinski definition) is 2. The van der Waals surface area contributed by atoms with Gasteiger partial charge in [0.25, 0.3) is 5.91 Å². The van der Waals surface area contributed by atoms with Gasteiger partial charge < -0.3 is 10.5 Å². The normalized spacial score (nSPS) is 11.4. The minimum absolute atomic E-state index is 0.273. The molecule has 3 aromatic carbocycles. The molecule has 3 aromatic rings. The van der Waals surface area contributed by atoms with Crippen molar-refractivity contribution in [1.29, 1.82) is 0 Å². The number of nitrogens with two attached hydrogens (primary N) is 1. The Balaban J connectivity index is 1.78. The second kappa shape index (κ2) is 7.05. The van der Waals surface area contributed by atoms with E-state index in [0.717, 1.165) is 27.8 Å². The summed E-state index contributed by atoms with van der Waals surface area (Å²) in [6.07, 6.45) is 0. The van der Waals surface area contributed by atoms with Crippen molar-refractivity contribution in [2.75, 3.05) is 12.8 Å². The fraction of sp³-hybridized carbons (Fsp3) is 0.100. The number of hydrogen-bond acceptors (Lipinski definition) is 4. The first-order valence-electron chi connectivity index (χ1n) is 7.85. The van der Waals surface area contributed by atoms with E-state index in [9.17, 15) is 4.79 Å². The average Bonchev–Trinajstić information content (AvgIpc) is 2.65. The Hall–Kier alpha value is -3.34. The van der Waals surface area contributed by atoms with Gasteiger partial charge in [0.05, 0.1) is 12.8 Å². The average molecular weight is 333 g/mol. The van der Waals surface area contributed by atoms with Crippen molar-refractivity contribution in [1.82, 2.24) is 5.43 Å². The molecule has 0 heterocycles. The molecule has 126 valence electrons. The van der Waals surface area contributed by atoms with Crippen molar-refractivity contribution in [3.05, 3.63) is 71.8 Å². The van der Waals surface area contributed by atoms with E-state index in [1.165, 1.54) is 0 Å². The molecule has 1 amide bonds. The summed E-state index contributed by atoms with van der Waals surface area (Å²) in [5.41, 5.74) is 11.0. The van der Waals surface area contributed by atoms with E-state index in [1.54, 1.807) is 31.4 Å². The maximum atomic E-state index is 12.1. The van der Waals surface area contributed by atoms with E-state index < -0.39 is 0 Å². The number of rotatable bonds is 4. The Morgan fingerprint density at radius 1 is 0.960 bits per heavy atom. The Morgan fingerprint density at radius 2 is 1.60 bits per heavy atom. The zero-order chi connectivity index (χ0) is 17.8. The minimum Gasteiger partial charge on any atom is -0.497 e. The largest absolute Gasteiger partial charge is 0.497 e. The van der Waals surface area contributed by atoms with Crippen LogP contribution < -0.4 is 15.9 Å². The number of fused-ring (bicyclic) bond motifs is 1. The molecule has 0 aliphatic heterocycles. The van der Waals surface area contributed by atoms with E-state index in [-0.39, 0.29) is 5.91 Å². The van der Waals surface area contributed by atoms with Gasteiger partial charge in [0.15, 0.2) is 0 Å². The molecular weight excluding hydrogens is 314 g/mol. The highest BCUT2D eigenvalue weighted by atomic mass is 16.5. The van der Waals surface area contributed by atoms with E-state index >= 15 is 0 Å². The molecule has 0 spiro atoms. The fourth-order valence-electron chi connectivity index (χ4n) is 2.47. The summed E-state index contributed by atoms with van der Waals surface area (Å²) in [4.78, 5) is 12.1. The number of benzene rings is 3. The van der Waals surface area contributed by atoms with Gasteiger partial charge in [0.1, 0.15) is 5.75 Å². The summed E-state index contributed by atoms with van der Waals surface area (Å²) in [6.45, 7) is 1.86. The molecule has 0 aromatic heterocycles. The molecule has 5 heteroatoms. The van der Waals surface area contributed by atoms with Crippen LogP contribution >= 0.6 is 0 Å². The van der Waals surface area contributed by atoms with Crippen LogP contribution in [-0.2, 0) is 0 Å². The van der Waals surface area contributed by atoms with E-state index in [4.69, 9.17) is 10.5 Å². The minimum atomic E-state index is -0.273. The molecule has 0 radical (unpaired) electrons. The van der Waals surface area contributed by atoms with Crippen LogP contribution in [0.4, 0.5) is 5.69 Å². The van der Waals surface area contributed by atoms with E-state index in [0.29, 0.717) is 11.3 Å². The number of nitrogens with zero attached hydrogens (tertiary/aromatic N) is 1. The molecule has 0 unspecified atom stereocenters. The SMILES string of the molecule is COc1ccc2cc(/C(C)=N\NC(=O)c3ccc(N)cc3)ccc2c1. The van der Waals surface area contributed by atoms with Crippen molar-refractivity contribution >= 4 is 28.1 Å². The molecule has 0 fully saturated rings. The molecule has 0 aliphatic rings. The van der Waals surface area contributed by atoms with Gasteiger partial charge in [-0.15, -0.1) is 0 Å². The third kappa shape index (κ3) is 3.77. The van der Waals surface area contributed by atoms with Crippen LogP contribution in [-0.4, -0.2) is 18.7 Å². The molecule has 25 heavy (non-hydrogen) atoms. The molecule has 5 nitrogen and oxygen atoms in total. The van der Waals surface area contributed by atoms with Crippen molar-refractivity contribution in [3.8, 4) is 5.75 Å². The Kier molecular flexibility index (Phi) is 4.66. The molecule has 0 bridgehead atoms. The third-order valence-electron chi connectivity index (χ3n) is 3.96. The summed E-state index contributed by atoms with van der Waals surface area (Å²) in [7, 11) is 1.65. The van der Waals surface area contributed by atoms with Crippen molar-refractivity contribution in [2.45, 2.75) is 6.92 Å². The lowest BCUT2D eigenvalue weighted by Crippen LogP contribution is -2.19. The summed E-state index contributed by atoms with van der Waals surface area (Å²) in [6, 6.07) is 18.6. The monoisotopic (exact) mass is 333 g/mol. The predicted octanol–water partition coefficient (Wildman–Crippen LogP) is 3.58. The van der Waals surface area contributed by atoms with Crippen LogP contribution in [0.3, 0.4) is 0 Å². The topological polar surface area (TPSA) is 76.7 Å². The molecule has 0 atom stereocenters. The van der Waals surface area contributed by atoms with Crippen molar-refractivity contribution in [3.63, 3.8) is 0 Å². The van der Waals surface area contributed by atoms with Crippen LogP contribution in [0.1, 0.15) is 22.8 Å². The zero-order valence-corrected chi connectivity index (χ0v) is 14.1. The van der Waals surface area contributed by atoms with Gasteiger partial charge in [-0.05, 0) is 65.7 Å². The van der Waals surface area contributed by atoms with Crippen LogP contribution in [0.2, 0.25) is 0 Å². The molecule has 3 N–H and O–H groups in total. The molecule has 0 saturated carbocycles. The lowest BCUT2D eigenvalue weighted by atomic mass is 10.0. The summed E-state index contributed by atoms with van der Waals surface area (Å²) in [5.74, 6) is 0.547. The first-order valence-corrected chi connectivity index (χ1v) is 7.85. The molecule has 0 saturated heterocycles. The number of carbonyl (C=O) groups excluding carboxylic acids is 1. The van der Waals surface area contributed by atoms with Crippen molar-refractivity contribution in [2.24, 2.45) is 5.10 Å². The maximum absolute atomic E-state index is 12.1. The Morgan fingerprint density at radius 3 is 2.32 bits per heavy atom. The lowest BCUT2D eigenvalue weighted by molar-refractivity contribution is 0.0955. The summed E-state index contributed by atoms with van der Waals surface area (Å²) in [5, 5.41) is 6.36. The smallest absolute Gasteiger partial charge is 0.271 e. The predicted molar refractivity (Wildman–Crippen MR) is 101 cm³/mol. The van der Waals surface area contributed by atoms with Gasteiger partial charge >= 0.3 is 0 Å². The van der Waals surface area contributed by atoms with Crippen molar-refractivity contribution < 1.29 is 9.53 Å². The lowest BCUT2D eigenvalue weighted by Gasteiger charge is -2.06. The number of hydrazone groups is 1. The highest BCUT2D eigenvalue weighted by Gasteiger charge is 2.05. The van der Waals surface area contributed by atoms with Crippen LogP contribution in [0, 0.1) is 0 Å². The zero-order valence-electron chi connectivity index (χ0n) is 14.1. The fourth-order valence-corrected chi connectivity index (χ4v) is 2.47. The maximum Gasteiger partial charge on any atom is 0.271 e. The first-order chi connectivity index (χ1) is 12.1. The van der Waals surface area contributed by atoms with E-state index in [2.05, 4.69) is 10.5 Å². The Bertz CT molecular complexity index is 947. The number of nitrogen functional groups attached to an aromatic ring is 1. The Labute approximate surface area is 146 Å². The quantitative estimate of drug-likeness (QED) is 0.435. The number of ether oxygens (including phenoxy) is 1. The molecule has 3 rings (SSSR count). The van der Waals surface area contributed by atoms with Gasteiger partial charge in [-0.2, -0.15) is 5.10 Å². The summed E-state index contributed by atoms with van der Waals surface area (Å²) >= 11 is 0. The van der Waals surface area contributed by atoms with Gasteiger partial charge in [-0.3, -0.25) is 4.79 Å². The van der Waals surface area contributed by atoms with Crippen LogP contribution in [0.5, 0.6) is 5.75 Å². The summed E-state index contributed by atoms with van der Waals surface area (Å²) < 4.78 is 5.24. The molecule has 0 aliphatic carbocycles. The van der Waals surface area contributed by atoms with Gasteiger partial charge in [-0.1, -0.05) is 18.2 Å². The number of amides is 1. The van der Waals surface area contributed by atoms with Crippen LogP contribution in [0.15, 0.2) is 65.8 Å². The number of methoxy groups -OCH3 is 1.